The number of aryl methyl sites for hydroxylation is 1. The number of ether oxygens (including phenoxy) is 1. The molecule has 1 saturated heterocycles. The fourth-order valence-electron chi connectivity index (χ4n) is 3.47. The van der Waals surface area contributed by atoms with Crippen LogP contribution in [0, 0.1) is 0 Å². The summed E-state index contributed by atoms with van der Waals surface area (Å²) < 4.78 is 7.30. The van der Waals surface area contributed by atoms with Gasteiger partial charge in [-0.2, -0.15) is 0 Å². The Hall–Kier alpha value is -2.30. The molecule has 5 nitrogen and oxygen atoms in total. The first-order chi connectivity index (χ1) is 12.3. The molecule has 1 aromatic heterocycles. The first-order valence-electron chi connectivity index (χ1n) is 9.14. The van der Waals surface area contributed by atoms with Crippen LogP contribution in [0.15, 0.2) is 43.0 Å². The lowest BCUT2D eigenvalue weighted by Gasteiger charge is -2.33. The van der Waals surface area contributed by atoms with Crippen LogP contribution in [0.2, 0.25) is 0 Å². The number of aromatic nitrogens is 2. The predicted octanol–water partition coefficient (Wildman–Crippen LogP) is 3.47. The second-order valence-electron chi connectivity index (χ2n) is 6.70. The van der Waals surface area contributed by atoms with Crippen LogP contribution in [0.25, 0.3) is 0 Å². The number of methoxy groups -OCH3 is 1. The number of piperidine rings is 1. The van der Waals surface area contributed by atoms with E-state index < -0.39 is 0 Å². The minimum Gasteiger partial charge on any atom is -0.497 e. The Kier molecular flexibility index (Phi) is 6.09. The predicted molar refractivity (Wildman–Crippen MR) is 97.6 cm³/mol. The number of unbranched alkanes of at least 4 members (excludes halogenated alkanes) is 1. The first-order valence-corrected chi connectivity index (χ1v) is 9.14. The van der Waals surface area contributed by atoms with E-state index in [-0.39, 0.29) is 0 Å². The fourth-order valence-corrected chi connectivity index (χ4v) is 3.47. The highest BCUT2D eigenvalue weighted by Crippen LogP contribution is 2.22. The number of hydrogen-bond acceptors (Lipinski definition) is 3. The molecule has 0 unspecified atom stereocenters. The van der Waals surface area contributed by atoms with Gasteiger partial charge in [0, 0.05) is 31.9 Å². The number of nitrogens with zero attached hydrogens (tertiary/aromatic N) is 3. The van der Waals surface area contributed by atoms with Gasteiger partial charge in [-0.15, -0.1) is 0 Å². The van der Waals surface area contributed by atoms with Gasteiger partial charge in [0.05, 0.1) is 19.5 Å². The van der Waals surface area contributed by atoms with E-state index in [4.69, 9.17) is 4.74 Å². The molecule has 1 atom stereocenters. The van der Waals surface area contributed by atoms with Crippen molar-refractivity contribution in [2.75, 3.05) is 20.2 Å². The van der Waals surface area contributed by atoms with Crippen molar-refractivity contribution >= 4 is 5.91 Å². The van der Waals surface area contributed by atoms with Crippen molar-refractivity contribution in [3.63, 3.8) is 0 Å². The Morgan fingerprint density at radius 1 is 1.28 bits per heavy atom. The monoisotopic (exact) mass is 341 g/mol. The third-order valence-electron chi connectivity index (χ3n) is 4.96. The summed E-state index contributed by atoms with van der Waals surface area (Å²) >= 11 is 0. The SMILES string of the molecule is COc1ccc(CCCCC(=O)N2CCC[C@@H](n3ccnc3)C2)cc1. The van der Waals surface area contributed by atoms with Crippen LogP contribution in [0.4, 0.5) is 0 Å². The molecule has 1 aliphatic rings. The molecule has 1 aromatic carbocycles. The molecule has 0 spiro atoms. The largest absolute Gasteiger partial charge is 0.497 e. The van der Waals surface area contributed by atoms with Crippen molar-refractivity contribution in [2.45, 2.75) is 44.6 Å². The minimum atomic E-state index is 0.291. The van der Waals surface area contributed by atoms with Crippen LogP contribution < -0.4 is 4.74 Å². The number of rotatable bonds is 7. The normalized spacial score (nSPS) is 17.5. The summed E-state index contributed by atoms with van der Waals surface area (Å²) in [5, 5.41) is 0. The van der Waals surface area contributed by atoms with E-state index in [0.29, 0.717) is 18.4 Å². The Bertz CT molecular complexity index is 652. The van der Waals surface area contributed by atoms with Gasteiger partial charge in [-0.1, -0.05) is 12.1 Å². The maximum Gasteiger partial charge on any atom is 0.222 e. The highest BCUT2D eigenvalue weighted by Gasteiger charge is 2.23. The lowest BCUT2D eigenvalue weighted by atomic mass is 10.0. The maximum absolute atomic E-state index is 12.5. The van der Waals surface area contributed by atoms with E-state index >= 15 is 0 Å². The van der Waals surface area contributed by atoms with Crippen LogP contribution >= 0.6 is 0 Å². The molecule has 2 aromatic rings. The summed E-state index contributed by atoms with van der Waals surface area (Å²) in [5.41, 5.74) is 1.30. The quantitative estimate of drug-likeness (QED) is 0.725. The van der Waals surface area contributed by atoms with Crippen molar-refractivity contribution < 1.29 is 9.53 Å². The molecule has 2 heterocycles. The molecular weight excluding hydrogens is 314 g/mol. The van der Waals surface area contributed by atoms with E-state index in [1.54, 1.807) is 13.3 Å². The highest BCUT2D eigenvalue weighted by atomic mass is 16.5. The molecule has 25 heavy (non-hydrogen) atoms. The third kappa shape index (κ3) is 4.84. The second kappa shape index (κ2) is 8.70. The maximum atomic E-state index is 12.5. The Labute approximate surface area is 149 Å². The lowest BCUT2D eigenvalue weighted by Crippen LogP contribution is -2.40. The zero-order valence-electron chi connectivity index (χ0n) is 14.9. The van der Waals surface area contributed by atoms with Gasteiger partial charge in [-0.3, -0.25) is 4.79 Å². The Morgan fingerprint density at radius 3 is 2.84 bits per heavy atom. The summed E-state index contributed by atoms with van der Waals surface area (Å²) in [6.45, 7) is 1.70. The van der Waals surface area contributed by atoms with Gasteiger partial charge in [0.25, 0.3) is 0 Å². The average molecular weight is 341 g/mol. The van der Waals surface area contributed by atoms with Gasteiger partial charge in [-0.05, 0) is 49.8 Å². The topological polar surface area (TPSA) is 47.4 Å². The number of amides is 1. The number of hydrogen-bond donors (Lipinski definition) is 0. The number of benzene rings is 1. The van der Waals surface area contributed by atoms with Gasteiger partial charge in [0.2, 0.25) is 5.91 Å². The summed E-state index contributed by atoms with van der Waals surface area (Å²) in [6, 6.07) is 8.55. The molecule has 5 heteroatoms. The van der Waals surface area contributed by atoms with Gasteiger partial charge in [0.1, 0.15) is 5.75 Å². The first kappa shape index (κ1) is 17.5. The van der Waals surface area contributed by atoms with Crippen LogP contribution in [-0.4, -0.2) is 40.6 Å². The molecule has 134 valence electrons. The third-order valence-corrected chi connectivity index (χ3v) is 4.96. The standard InChI is InChI=1S/C20H27N3O2/c1-25-19-10-8-17(9-11-19)5-2-3-7-20(24)22-13-4-6-18(15-22)23-14-12-21-16-23/h8-12,14,16,18H,2-7,13,15H2,1H3/t18-/m1/s1. The molecule has 1 amide bonds. The molecular formula is C20H27N3O2. The average Bonchev–Trinajstić information content (AvgIpc) is 3.20. The van der Waals surface area contributed by atoms with Gasteiger partial charge in [0.15, 0.2) is 0 Å². The highest BCUT2D eigenvalue weighted by molar-refractivity contribution is 5.76. The lowest BCUT2D eigenvalue weighted by molar-refractivity contribution is -0.132. The van der Waals surface area contributed by atoms with Crippen molar-refractivity contribution in [2.24, 2.45) is 0 Å². The Balaban J connectivity index is 1.39. The number of carbonyl (C=O) groups is 1. The van der Waals surface area contributed by atoms with Crippen molar-refractivity contribution in [3.8, 4) is 5.75 Å². The minimum absolute atomic E-state index is 0.291. The van der Waals surface area contributed by atoms with Gasteiger partial charge >= 0.3 is 0 Å². The molecule has 1 fully saturated rings. The van der Waals surface area contributed by atoms with Crippen LogP contribution in [0.3, 0.4) is 0 Å². The van der Waals surface area contributed by atoms with E-state index in [1.165, 1.54) is 5.56 Å². The van der Waals surface area contributed by atoms with Crippen molar-refractivity contribution in [1.82, 2.24) is 14.5 Å². The van der Waals surface area contributed by atoms with Crippen molar-refractivity contribution in [1.29, 1.82) is 0 Å². The molecule has 1 aliphatic heterocycles. The number of likely N-dealkylation sites (tertiary alicyclic amines) is 1. The van der Waals surface area contributed by atoms with Crippen LogP contribution in [0.5, 0.6) is 5.75 Å². The van der Waals surface area contributed by atoms with Gasteiger partial charge < -0.3 is 14.2 Å². The second-order valence-corrected chi connectivity index (χ2v) is 6.70. The molecule has 3 rings (SSSR count). The van der Waals surface area contributed by atoms with E-state index in [1.807, 2.05) is 29.6 Å². The molecule has 0 aliphatic carbocycles. The van der Waals surface area contributed by atoms with Crippen LogP contribution in [-0.2, 0) is 11.2 Å². The zero-order valence-corrected chi connectivity index (χ0v) is 14.9. The number of imidazole rings is 1. The molecule has 0 saturated carbocycles. The van der Waals surface area contributed by atoms with E-state index in [2.05, 4.69) is 21.7 Å². The smallest absolute Gasteiger partial charge is 0.222 e. The van der Waals surface area contributed by atoms with Crippen LogP contribution in [0.1, 0.15) is 43.7 Å². The summed E-state index contributed by atoms with van der Waals surface area (Å²) in [4.78, 5) is 18.6. The van der Waals surface area contributed by atoms with E-state index in [9.17, 15) is 4.79 Å². The summed E-state index contributed by atoms with van der Waals surface area (Å²) in [5.74, 6) is 1.18. The Morgan fingerprint density at radius 2 is 2.12 bits per heavy atom. The molecule has 0 N–H and O–H groups in total. The zero-order chi connectivity index (χ0) is 17.5. The number of carbonyl (C=O) groups excluding carboxylic acids is 1. The summed E-state index contributed by atoms with van der Waals surface area (Å²) in [7, 11) is 1.68. The van der Waals surface area contributed by atoms with E-state index in [0.717, 1.165) is 50.9 Å². The molecule has 0 radical (unpaired) electrons. The molecule has 0 bridgehead atoms. The van der Waals surface area contributed by atoms with Gasteiger partial charge in [-0.25, -0.2) is 4.98 Å². The summed E-state index contributed by atoms with van der Waals surface area (Å²) in [6.07, 6.45) is 11.5. The van der Waals surface area contributed by atoms with Crippen molar-refractivity contribution in [3.05, 3.63) is 48.5 Å². The fraction of sp³-hybridized carbons (Fsp3) is 0.500.